The molecule has 0 aliphatic heterocycles. The third-order valence-corrected chi connectivity index (χ3v) is 6.39. The standard InChI is InChI=1S/C23H20FN5O3S/c1-16-6-11-19(12-22(16)33(31,32)28-21-5-3-2-4-20(21)24)27-23(30)18-9-7-17(8-10-18)13-29-15-25-14-26-29/h2-12,14-15,28H,13H2,1H3,(H,27,30). The minimum absolute atomic E-state index is 0.0632. The number of carbonyl (C=O) groups excluding carboxylic acids is 1. The first-order chi connectivity index (χ1) is 15.8. The number of benzene rings is 3. The lowest BCUT2D eigenvalue weighted by atomic mass is 10.1. The van der Waals surface area contributed by atoms with Crippen LogP contribution >= 0.6 is 0 Å². The number of nitrogens with zero attached hydrogens (tertiary/aromatic N) is 3. The van der Waals surface area contributed by atoms with Gasteiger partial charge < -0.3 is 5.32 Å². The Morgan fingerprint density at radius 1 is 1.06 bits per heavy atom. The summed E-state index contributed by atoms with van der Waals surface area (Å²) >= 11 is 0. The highest BCUT2D eigenvalue weighted by atomic mass is 32.2. The summed E-state index contributed by atoms with van der Waals surface area (Å²) in [6.07, 6.45) is 3.05. The highest BCUT2D eigenvalue weighted by Crippen LogP contribution is 2.24. The fourth-order valence-electron chi connectivity index (χ4n) is 3.18. The lowest BCUT2D eigenvalue weighted by Gasteiger charge is -2.13. The van der Waals surface area contributed by atoms with Crippen LogP contribution in [0.4, 0.5) is 15.8 Å². The van der Waals surface area contributed by atoms with E-state index in [0.717, 1.165) is 5.56 Å². The number of hydrogen-bond donors (Lipinski definition) is 2. The lowest BCUT2D eigenvalue weighted by Crippen LogP contribution is -2.17. The number of amides is 1. The molecule has 1 heterocycles. The van der Waals surface area contributed by atoms with Gasteiger partial charge in [-0.3, -0.25) is 9.52 Å². The molecule has 0 unspecified atom stereocenters. The number of aromatic nitrogens is 3. The zero-order valence-electron chi connectivity index (χ0n) is 17.6. The third kappa shape index (κ3) is 5.24. The van der Waals surface area contributed by atoms with Gasteiger partial charge in [0.2, 0.25) is 0 Å². The second kappa shape index (κ2) is 9.21. The van der Waals surface area contributed by atoms with Crippen LogP contribution in [0.2, 0.25) is 0 Å². The molecule has 0 aliphatic rings. The van der Waals surface area contributed by atoms with E-state index >= 15 is 0 Å². The van der Waals surface area contributed by atoms with Crippen molar-refractivity contribution in [2.45, 2.75) is 18.4 Å². The van der Waals surface area contributed by atoms with E-state index in [1.54, 1.807) is 54.3 Å². The molecule has 33 heavy (non-hydrogen) atoms. The van der Waals surface area contributed by atoms with Gasteiger partial charge in [0, 0.05) is 11.3 Å². The first kappa shape index (κ1) is 22.2. The summed E-state index contributed by atoms with van der Waals surface area (Å²) in [5.74, 6) is -1.08. The molecule has 10 heteroatoms. The van der Waals surface area contributed by atoms with Crippen molar-refractivity contribution >= 4 is 27.3 Å². The van der Waals surface area contributed by atoms with Crippen LogP contribution in [0.3, 0.4) is 0 Å². The Bertz CT molecular complexity index is 1390. The molecular formula is C23H20FN5O3S. The number of carbonyl (C=O) groups is 1. The number of hydrogen-bond acceptors (Lipinski definition) is 5. The molecule has 0 saturated heterocycles. The molecule has 4 aromatic rings. The van der Waals surface area contributed by atoms with Crippen LogP contribution in [0.1, 0.15) is 21.5 Å². The van der Waals surface area contributed by atoms with Gasteiger partial charge in [0.1, 0.15) is 18.5 Å². The van der Waals surface area contributed by atoms with Crippen molar-refractivity contribution in [2.24, 2.45) is 0 Å². The topological polar surface area (TPSA) is 106 Å². The summed E-state index contributed by atoms with van der Waals surface area (Å²) in [5, 5.41) is 6.75. The maximum Gasteiger partial charge on any atom is 0.262 e. The Hall–Kier alpha value is -4.05. The van der Waals surface area contributed by atoms with E-state index in [0.29, 0.717) is 23.4 Å². The first-order valence-electron chi connectivity index (χ1n) is 9.92. The number of rotatable bonds is 7. The average Bonchev–Trinajstić information content (AvgIpc) is 3.30. The van der Waals surface area contributed by atoms with Crippen molar-refractivity contribution in [3.8, 4) is 0 Å². The molecule has 0 radical (unpaired) electrons. The highest BCUT2D eigenvalue weighted by molar-refractivity contribution is 7.92. The van der Waals surface area contributed by atoms with Gasteiger partial charge in [0.15, 0.2) is 0 Å². The van der Waals surface area contributed by atoms with Gasteiger partial charge in [0.25, 0.3) is 15.9 Å². The fourth-order valence-corrected chi connectivity index (χ4v) is 4.52. The fraction of sp³-hybridized carbons (Fsp3) is 0.0870. The number of para-hydroxylation sites is 1. The Morgan fingerprint density at radius 2 is 1.82 bits per heavy atom. The first-order valence-corrected chi connectivity index (χ1v) is 11.4. The van der Waals surface area contributed by atoms with Gasteiger partial charge in [-0.15, -0.1) is 0 Å². The van der Waals surface area contributed by atoms with Crippen LogP contribution in [-0.4, -0.2) is 29.1 Å². The Balaban J connectivity index is 1.50. The van der Waals surface area contributed by atoms with Crippen LogP contribution in [0, 0.1) is 12.7 Å². The van der Waals surface area contributed by atoms with Gasteiger partial charge in [0.05, 0.1) is 17.1 Å². The molecule has 1 amide bonds. The van der Waals surface area contributed by atoms with Crippen LogP contribution in [0.25, 0.3) is 0 Å². The van der Waals surface area contributed by atoms with Crippen LogP contribution in [0.5, 0.6) is 0 Å². The number of anilines is 2. The maximum atomic E-state index is 13.9. The molecule has 0 saturated carbocycles. The summed E-state index contributed by atoms with van der Waals surface area (Å²) in [6.45, 7) is 2.14. The maximum absolute atomic E-state index is 13.9. The summed E-state index contributed by atoms with van der Waals surface area (Å²) in [6, 6.07) is 17.0. The summed E-state index contributed by atoms with van der Waals surface area (Å²) in [5.41, 5.74) is 1.95. The van der Waals surface area contributed by atoms with Gasteiger partial charge >= 0.3 is 0 Å². The molecular weight excluding hydrogens is 445 g/mol. The van der Waals surface area contributed by atoms with Gasteiger partial charge in [-0.25, -0.2) is 22.5 Å². The van der Waals surface area contributed by atoms with E-state index in [1.165, 1.54) is 36.7 Å². The minimum Gasteiger partial charge on any atom is -0.322 e. The number of halogens is 1. The van der Waals surface area contributed by atoms with E-state index in [9.17, 15) is 17.6 Å². The van der Waals surface area contributed by atoms with Crippen LogP contribution in [-0.2, 0) is 16.6 Å². The SMILES string of the molecule is Cc1ccc(NC(=O)c2ccc(Cn3cncn3)cc2)cc1S(=O)(=O)Nc1ccccc1F. The Labute approximate surface area is 190 Å². The van der Waals surface area contributed by atoms with Crippen LogP contribution in [0.15, 0.2) is 84.3 Å². The number of sulfonamides is 1. The normalized spacial score (nSPS) is 11.2. The quantitative estimate of drug-likeness (QED) is 0.432. The molecule has 2 N–H and O–H groups in total. The number of nitrogens with one attached hydrogen (secondary N) is 2. The van der Waals surface area contributed by atoms with Crippen molar-refractivity contribution in [3.05, 3.63) is 102 Å². The predicted molar refractivity (Wildman–Crippen MR) is 122 cm³/mol. The van der Waals surface area contributed by atoms with E-state index in [4.69, 9.17) is 0 Å². The zero-order valence-corrected chi connectivity index (χ0v) is 18.4. The van der Waals surface area contributed by atoms with Crippen molar-refractivity contribution in [1.29, 1.82) is 0 Å². The smallest absolute Gasteiger partial charge is 0.262 e. The summed E-state index contributed by atoms with van der Waals surface area (Å²) < 4.78 is 43.5. The Morgan fingerprint density at radius 3 is 2.52 bits per heavy atom. The highest BCUT2D eigenvalue weighted by Gasteiger charge is 2.20. The molecule has 0 fully saturated rings. The van der Waals surface area contributed by atoms with E-state index < -0.39 is 21.7 Å². The molecule has 168 valence electrons. The summed E-state index contributed by atoms with van der Waals surface area (Å²) in [7, 11) is -4.07. The van der Waals surface area contributed by atoms with Crippen molar-refractivity contribution in [1.82, 2.24) is 14.8 Å². The minimum atomic E-state index is -4.07. The van der Waals surface area contributed by atoms with Gasteiger partial charge in [-0.05, 0) is 54.4 Å². The lowest BCUT2D eigenvalue weighted by molar-refractivity contribution is 0.102. The second-order valence-corrected chi connectivity index (χ2v) is 8.96. The van der Waals surface area contributed by atoms with Gasteiger partial charge in [-0.1, -0.05) is 30.3 Å². The molecule has 3 aromatic carbocycles. The van der Waals surface area contributed by atoms with Crippen molar-refractivity contribution < 1.29 is 17.6 Å². The van der Waals surface area contributed by atoms with Gasteiger partial charge in [-0.2, -0.15) is 5.10 Å². The number of aryl methyl sites for hydroxylation is 1. The molecule has 1 aromatic heterocycles. The van der Waals surface area contributed by atoms with E-state index in [-0.39, 0.29) is 10.6 Å². The largest absolute Gasteiger partial charge is 0.322 e. The second-order valence-electron chi connectivity index (χ2n) is 7.31. The molecule has 0 aliphatic carbocycles. The zero-order chi connectivity index (χ0) is 23.4. The monoisotopic (exact) mass is 465 g/mol. The van der Waals surface area contributed by atoms with E-state index in [2.05, 4.69) is 20.1 Å². The molecule has 0 atom stereocenters. The Kier molecular flexibility index (Phi) is 6.18. The summed E-state index contributed by atoms with van der Waals surface area (Å²) in [4.78, 5) is 16.5. The third-order valence-electron chi connectivity index (χ3n) is 4.88. The predicted octanol–water partition coefficient (Wildman–Crippen LogP) is 3.83. The molecule has 8 nitrogen and oxygen atoms in total. The van der Waals surface area contributed by atoms with E-state index in [1.807, 2.05) is 0 Å². The molecule has 0 spiro atoms. The molecule has 0 bridgehead atoms. The van der Waals surface area contributed by atoms with Crippen molar-refractivity contribution in [3.63, 3.8) is 0 Å². The average molecular weight is 466 g/mol. The van der Waals surface area contributed by atoms with Crippen molar-refractivity contribution in [2.75, 3.05) is 10.0 Å². The van der Waals surface area contributed by atoms with Crippen LogP contribution < -0.4 is 10.0 Å². The molecule has 4 rings (SSSR count).